The summed E-state index contributed by atoms with van der Waals surface area (Å²) in [5.41, 5.74) is 1.78. The first-order valence-electron chi connectivity index (χ1n) is 8.96. The summed E-state index contributed by atoms with van der Waals surface area (Å²) in [6.45, 7) is 4.02. The maximum Gasteiger partial charge on any atom is 0.278 e. The molecule has 0 amide bonds. The third-order valence-corrected chi connectivity index (χ3v) is 6.38. The fourth-order valence-electron chi connectivity index (χ4n) is 4.22. The van der Waals surface area contributed by atoms with Gasteiger partial charge in [-0.05, 0) is 43.5 Å². The number of fused-ring (bicyclic) bond motifs is 1. The van der Waals surface area contributed by atoms with Crippen molar-refractivity contribution >= 4 is 23.2 Å². The van der Waals surface area contributed by atoms with Crippen LogP contribution >= 0.6 is 23.2 Å². The SMILES string of the molecule is CC1C(Cc2c(Cl)cccc2Cl)C(C)n2c(=O)c(-c3ccccc3)c(O)n21. The molecule has 3 aromatic rings. The van der Waals surface area contributed by atoms with E-state index >= 15 is 0 Å². The minimum absolute atomic E-state index is 0.0123. The number of aromatic nitrogens is 2. The van der Waals surface area contributed by atoms with Crippen LogP contribution in [0.5, 0.6) is 5.88 Å². The Morgan fingerprint density at radius 2 is 1.52 bits per heavy atom. The lowest BCUT2D eigenvalue weighted by Crippen LogP contribution is -2.23. The molecular formula is C21H20Cl2N2O2. The van der Waals surface area contributed by atoms with Crippen LogP contribution in [0.2, 0.25) is 10.0 Å². The van der Waals surface area contributed by atoms with Gasteiger partial charge in [-0.1, -0.05) is 59.6 Å². The highest BCUT2D eigenvalue weighted by atomic mass is 35.5. The van der Waals surface area contributed by atoms with E-state index in [1.54, 1.807) is 9.36 Å². The van der Waals surface area contributed by atoms with Crippen LogP contribution in [0.3, 0.4) is 0 Å². The average molecular weight is 403 g/mol. The van der Waals surface area contributed by atoms with Gasteiger partial charge in [-0.15, -0.1) is 0 Å². The topological polar surface area (TPSA) is 47.2 Å². The fraction of sp³-hybridized carbons (Fsp3) is 0.286. The summed E-state index contributed by atoms with van der Waals surface area (Å²) in [6, 6.07) is 14.6. The van der Waals surface area contributed by atoms with Crippen LogP contribution in [0.15, 0.2) is 53.3 Å². The first kappa shape index (κ1) is 18.2. The van der Waals surface area contributed by atoms with Crippen molar-refractivity contribution in [3.63, 3.8) is 0 Å². The van der Waals surface area contributed by atoms with Gasteiger partial charge < -0.3 is 5.11 Å². The monoisotopic (exact) mass is 402 g/mol. The van der Waals surface area contributed by atoms with Crippen LogP contribution in [0.25, 0.3) is 11.1 Å². The maximum absolute atomic E-state index is 13.1. The van der Waals surface area contributed by atoms with Crippen LogP contribution in [0, 0.1) is 5.92 Å². The van der Waals surface area contributed by atoms with Gasteiger partial charge in [0.05, 0.1) is 12.1 Å². The van der Waals surface area contributed by atoms with Crippen LogP contribution in [0.1, 0.15) is 31.5 Å². The summed E-state index contributed by atoms with van der Waals surface area (Å²) in [7, 11) is 0. The zero-order chi connectivity index (χ0) is 19.3. The summed E-state index contributed by atoms with van der Waals surface area (Å²) in [5, 5.41) is 12.1. The van der Waals surface area contributed by atoms with Gasteiger partial charge in [0.15, 0.2) is 0 Å². The van der Waals surface area contributed by atoms with E-state index in [1.807, 2.05) is 62.4 Å². The van der Waals surface area contributed by atoms with Crippen molar-refractivity contribution in [1.82, 2.24) is 9.36 Å². The zero-order valence-electron chi connectivity index (χ0n) is 15.1. The normalized spacial score (nSPS) is 21.4. The molecule has 0 fully saturated rings. The number of halogens is 2. The number of nitrogens with zero attached hydrogens (tertiary/aromatic N) is 2. The van der Waals surface area contributed by atoms with E-state index in [2.05, 4.69) is 0 Å². The van der Waals surface area contributed by atoms with Gasteiger partial charge in [-0.25, -0.2) is 9.36 Å². The van der Waals surface area contributed by atoms with E-state index in [1.165, 1.54) is 0 Å². The highest BCUT2D eigenvalue weighted by molar-refractivity contribution is 6.36. The maximum atomic E-state index is 13.1. The van der Waals surface area contributed by atoms with E-state index < -0.39 is 0 Å². The second-order valence-electron chi connectivity index (χ2n) is 7.11. The molecule has 1 aromatic heterocycles. The molecule has 0 saturated carbocycles. The summed E-state index contributed by atoms with van der Waals surface area (Å²) in [6.07, 6.45) is 0.634. The van der Waals surface area contributed by atoms with Crippen LogP contribution in [-0.2, 0) is 6.42 Å². The summed E-state index contributed by atoms with van der Waals surface area (Å²) in [5.74, 6) is 0.101. The summed E-state index contributed by atoms with van der Waals surface area (Å²) < 4.78 is 3.38. The van der Waals surface area contributed by atoms with E-state index in [0.717, 1.165) is 11.1 Å². The van der Waals surface area contributed by atoms with Gasteiger partial charge in [0.2, 0.25) is 5.88 Å². The number of hydrogen-bond acceptors (Lipinski definition) is 2. The number of rotatable bonds is 3. The van der Waals surface area contributed by atoms with E-state index in [4.69, 9.17) is 23.2 Å². The van der Waals surface area contributed by atoms with Crippen molar-refractivity contribution in [2.45, 2.75) is 32.4 Å². The first-order chi connectivity index (χ1) is 12.9. The Morgan fingerprint density at radius 3 is 2.11 bits per heavy atom. The molecule has 0 bridgehead atoms. The van der Waals surface area contributed by atoms with Gasteiger partial charge in [0, 0.05) is 16.0 Å². The molecule has 2 heterocycles. The van der Waals surface area contributed by atoms with Crippen molar-refractivity contribution in [3.05, 3.63) is 74.5 Å². The Bertz CT molecular complexity index is 1040. The molecular weight excluding hydrogens is 383 g/mol. The highest BCUT2D eigenvalue weighted by Crippen LogP contribution is 2.44. The lowest BCUT2D eigenvalue weighted by atomic mass is 9.88. The molecule has 6 heteroatoms. The number of benzene rings is 2. The van der Waals surface area contributed by atoms with Crippen LogP contribution < -0.4 is 5.56 Å². The molecule has 27 heavy (non-hydrogen) atoms. The van der Waals surface area contributed by atoms with E-state index in [9.17, 15) is 9.90 Å². The Labute approximate surface area is 167 Å². The average Bonchev–Trinajstić information content (AvgIpc) is 3.05. The minimum Gasteiger partial charge on any atom is -0.493 e. The second kappa shape index (κ2) is 6.77. The van der Waals surface area contributed by atoms with Crippen molar-refractivity contribution < 1.29 is 5.11 Å². The molecule has 4 nitrogen and oxygen atoms in total. The van der Waals surface area contributed by atoms with Gasteiger partial charge >= 0.3 is 0 Å². The zero-order valence-corrected chi connectivity index (χ0v) is 16.6. The predicted molar refractivity (Wildman–Crippen MR) is 109 cm³/mol. The predicted octanol–water partition coefficient (Wildman–Crippen LogP) is 5.32. The molecule has 0 spiro atoms. The largest absolute Gasteiger partial charge is 0.493 e. The molecule has 0 aliphatic carbocycles. The minimum atomic E-state index is -0.175. The van der Waals surface area contributed by atoms with Crippen LogP contribution in [-0.4, -0.2) is 14.5 Å². The molecule has 0 radical (unpaired) electrons. The number of hydrogen-bond donors (Lipinski definition) is 1. The second-order valence-corrected chi connectivity index (χ2v) is 7.92. The van der Waals surface area contributed by atoms with Gasteiger partial charge in [-0.3, -0.25) is 4.79 Å². The molecule has 4 rings (SSSR count). The lowest BCUT2D eigenvalue weighted by molar-refractivity contribution is 0.339. The molecule has 0 saturated heterocycles. The smallest absolute Gasteiger partial charge is 0.278 e. The van der Waals surface area contributed by atoms with E-state index in [-0.39, 0.29) is 29.4 Å². The molecule has 1 N–H and O–H groups in total. The summed E-state index contributed by atoms with van der Waals surface area (Å²) in [4.78, 5) is 13.1. The first-order valence-corrected chi connectivity index (χ1v) is 9.71. The van der Waals surface area contributed by atoms with Gasteiger partial charge in [0.25, 0.3) is 5.56 Å². The Hall–Kier alpha value is -2.17. The van der Waals surface area contributed by atoms with E-state index in [0.29, 0.717) is 22.0 Å². The Morgan fingerprint density at radius 1 is 0.926 bits per heavy atom. The van der Waals surface area contributed by atoms with Gasteiger partial charge in [0.1, 0.15) is 5.56 Å². The molecule has 1 aliphatic heterocycles. The number of aromatic hydroxyl groups is 1. The van der Waals surface area contributed by atoms with Crippen molar-refractivity contribution in [2.75, 3.05) is 0 Å². The van der Waals surface area contributed by atoms with Gasteiger partial charge in [-0.2, -0.15) is 0 Å². The van der Waals surface area contributed by atoms with Crippen molar-refractivity contribution in [2.24, 2.45) is 5.92 Å². The molecule has 1 aliphatic rings. The Balaban J connectivity index is 1.77. The molecule has 140 valence electrons. The molecule has 3 unspecified atom stereocenters. The van der Waals surface area contributed by atoms with Crippen molar-refractivity contribution in [1.29, 1.82) is 0 Å². The third-order valence-electron chi connectivity index (χ3n) is 5.67. The summed E-state index contributed by atoms with van der Waals surface area (Å²) >= 11 is 12.7. The standard InChI is InChI=1S/C21H20Cl2N2O2/c1-12-15(11-16-17(22)9-6-10-18(16)23)13(2)25-21(27)19(20(26)24(12)25)14-7-4-3-5-8-14/h3-10,12-13,15,26H,11H2,1-2H3. The van der Waals surface area contributed by atoms with Crippen molar-refractivity contribution in [3.8, 4) is 17.0 Å². The fourth-order valence-corrected chi connectivity index (χ4v) is 4.77. The highest BCUT2D eigenvalue weighted by Gasteiger charge is 2.40. The molecule has 2 aromatic carbocycles. The van der Waals surface area contributed by atoms with Crippen LogP contribution in [0.4, 0.5) is 0 Å². The molecule has 3 atom stereocenters. The Kier molecular flexibility index (Phi) is 4.57. The lowest BCUT2D eigenvalue weighted by Gasteiger charge is -2.21. The quantitative estimate of drug-likeness (QED) is 0.643. The third kappa shape index (κ3) is 2.79.